The van der Waals surface area contributed by atoms with Gasteiger partial charge in [-0.05, 0) is 38.3 Å². The lowest BCUT2D eigenvalue weighted by Gasteiger charge is -2.16. The minimum atomic E-state index is -0.190. The van der Waals surface area contributed by atoms with E-state index >= 15 is 0 Å². The summed E-state index contributed by atoms with van der Waals surface area (Å²) in [4.78, 5) is 11.8. The number of benzene rings is 1. The molecule has 0 saturated carbocycles. The Kier molecular flexibility index (Phi) is 7.11. The van der Waals surface area contributed by atoms with Crippen molar-refractivity contribution >= 4 is 5.97 Å². The minimum Gasteiger partial charge on any atom is -0.465 e. The molecule has 0 saturated heterocycles. The molecule has 0 spiro atoms. The Morgan fingerprint density at radius 2 is 2.00 bits per heavy atom. The van der Waals surface area contributed by atoms with E-state index in [9.17, 15) is 4.79 Å². The first kappa shape index (κ1) is 14.7. The first-order chi connectivity index (χ1) is 8.77. The van der Waals surface area contributed by atoms with Gasteiger partial charge in [0.25, 0.3) is 0 Å². The van der Waals surface area contributed by atoms with E-state index in [4.69, 9.17) is 4.74 Å². The van der Waals surface area contributed by atoms with E-state index in [1.165, 1.54) is 5.56 Å². The van der Waals surface area contributed by atoms with Gasteiger partial charge in [0, 0.05) is 0 Å². The Morgan fingerprint density at radius 3 is 2.61 bits per heavy atom. The van der Waals surface area contributed by atoms with Crippen molar-refractivity contribution in [2.75, 3.05) is 13.2 Å². The van der Waals surface area contributed by atoms with Gasteiger partial charge in [-0.3, -0.25) is 4.79 Å². The zero-order valence-corrected chi connectivity index (χ0v) is 11.3. The van der Waals surface area contributed by atoms with Crippen molar-refractivity contribution < 1.29 is 9.53 Å². The SMILES string of the molecule is CCCNC(CCc1ccccc1)C(=O)OCC. The molecule has 0 amide bonds. The maximum atomic E-state index is 11.8. The van der Waals surface area contributed by atoms with Crippen LogP contribution < -0.4 is 5.32 Å². The Labute approximate surface area is 110 Å². The third kappa shape index (κ3) is 5.32. The van der Waals surface area contributed by atoms with Crippen LogP contribution in [0.15, 0.2) is 30.3 Å². The first-order valence-corrected chi connectivity index (χ1v) is 6.71. The molecule has 1 rings (SSSR count). The molecule has 0 fully saturated rings. The number of aryl methyl sites for hydroxylation is 1. The van der Waals surface area contributed by atoms with Crippen LogP contribution in [0.4, 0.5) is 0 Å². The second-order valence-corrected chi connectivity index (χ2v) is 4.28. The number of nitrogens with one attached hydrogen (secondary N) is 1. The Bertz CT molecular complexity index is 338. The maximum absolute atomic E-state index is 11.8. The molecule has 3 nitrogen and oxygen atoms in total. The van der Waals surface area contributed by atoms with Gasteiger partial charge in [0.2, 0.25) is 0 Å². The summed E-state index contributed by atoms with van der Waals surface area (Å²) in [6.45, 7) is 5.21. The quantitative estimate of drug-likeness (QED) is 0.720. The molecule has 18 heavy (non-hydrogen) atoms. The average molecular weight is 249 g/mol. The van der Waals surface area contributed by atoms with Gasteiger partial charge < -0.3 is 10.1 Å². The smallest absolute Gasteiger partial charge is 0.323 e. The fourth-order valence-electron chi connectivity index (χ4n) is 1.82. The molecule has 0 aromatic heterocycles. The highest BCUT2D eigenvalue weighted by Crippen LogP contribution is 2.06. The maximum Gasteiger partial charge on any atom is 0.323 e. The van der Waals surface area contributed by atoms with Crippen LogP contribution in [0.1, 0.15) is 32.3 Å². The van der Waals surface area contributed by atoms with Crippen molar-refractivity contribution in [1.29, 1.82) is 0 Å². The molecule has 100 valence electrons. The highest BCUT2D eigenvalue weighted by molar-refractivity contribution is 5.75. The fraction of sp³-hybridized carbons (Fsp3) is 0.533. The second-order valence-electron chi connectivity index (χ2n) is 4.28. The Balaban J connectivity index is 2.47. The summed E-state index contributed by atoms with van der Waals surface area (Å²) in [5, 5.41) is 3.25. The van der Waals surface area contributed by atoms with Crippen LogP contribution in [0.3, 0.4) is 0 Å². The van der Waals surface area contributed by atoms with Crippen LogP contribution in [0.2, 0.25) is 0 Å². The van der Waals surface area contributed by atoms with Gasteiger partial charge >= 0.3 is 5.97 Å². The van der Waals surface area contributed by atoms with Crippen molar-refractivity contribution in [3.8, 4) is 0 Å². The summed E-state index contributed by atoms with van der Waals surface area (Å²) in [7, 11) is 0. The zero-order chi connectivity index (χ0) is 13.2. The standard InChI is InChI=1S/C15H23NO2/c1-3-12-16-14(15(17)18-4-2)11-10-13-8-6-5-7-9-13/h5-9,14,16H,3-4,10-12H2,1-2H3. The number of hydrogen-bond donors (Lipinski definition) is 1. The van der Waals surface area contributed by atoms with Crippen LogP contribution in [0.25, 0.3) is 0 Å². The van der Waals surface area contributed by atoms with Crippen LogP contribution in [-0.2, 0) is 16.0 Å². The van der Waals surface area contributed by atoms with E-state index in [0.29, 0.717) is 6.61 Å². The number of hydrogen-bond acceptors (Lipinski definition) is 3. The summed E-state index contributed by atoms with van der Waals surface area (Å²) >= 11 is 0. The van der Waals surface area contributed by atoms with Gasteiger partial charge in [0.1, 0.15) is 6.04 Å². The van der Waals surface area contributed by atoms with Gasteiger partial charge in [0.05, 0.1) is 6.61 Å². The molecule has 1 atom stereocenters. The van der Waals surface area contributed by atoms with Crippen molar-refractivity contribution in [2.24, 2.45) is 0 Å². The molecular formula is C15H23NO2. The molecule has 0 aliphatic heterocycles. The number of carbonyl (C=O) groups is 1. The lowest BCUT2D eigenvalue weighted by molar-refractivity contribution is -0.145. The summed E-state index contributed by atoms with van der Waals surface area (Å²) in [5.74, 6) is -0.137. The van der Waals surface area contributed by atoms with E-state index in [1.54, 1.807) is 0 Å². The summed E-state index contributed by atoms with van der Waals surface area (Å²) in [5.41, 5.74) is 1.25. The van der Waals surface area contributed by atoms with Gasteiger partial charge in [-0.15, -0.1) is 0 Å². The third-order valence-corrected chi connectivity index (χ3v) is 2.78. The largest absolute Gasteiger partial charge is 0.465 e. The summed E-state index contributed by atoms with van der Waals surface area (Å²) in [6, 6.07) is 10.0. The first-order valence-electron chi connectivity index (χ1n) is 6.71. The second kappa shape index (κ2) is 8.70. The summed E-state index contributed by atoms with van der Waals surface area (Å²) in [6.07, 6.45) is 2.69. The molecule has 1 unspecified atom stereocenters. The van der Waals surface area contributed by atoms with Crippen molar-refractivity contribution in [1.82, 2.24) is 5.32 Å². The van der Waals surface area contributed by atoms with Crippen LogP contribution in [0.5, 0.6) is 0 Å². The highest BCUT2D eigenvalue weighted by Gasteiger charge is 2.18. The molecule has 1 aromatic rings. The lowest BCUT2D eigenvalue weighted by Crippen LogP contribution is -2.38. The van der Waals surface area contributed by atoms with Gasteiger partial charge in [-0.25, -0.2) is 0 Å². The number of esters is 1. The molecule has 0 aliphatic carbocycles. The van der Waals surface area contributed by atoms with Gasteiger partial charge in [-0.2, -0.15) is 0 Å². The Hall–Kier alpha value is -1.35. The van der Waals surface area contributed by atoms with E-state index in [-0.39, 0.29) is 12.0 Å². The molecule has 1 N–H and O–H groups in total. The number of ether oxygens (including phenoxy) is 1. The fourth-order valence-corrected chi connectivity index (χ4v) is 1.82. The van der Waals surface area contributed by atoms with Crippen molar-refractivity contribution in [3.05, 3.63) is 35.9 Å². The lowest BCUT2D eigenvalue weighted by atomic mass is 10.1. The van der Waals surface area contributed by atoms with Crippen molar-refractivity contribution in [3.63, 3.8) is 0 Å². The molecular weight excluding hydrogens is 226 g/mol. The molecule has 3 heteroatoms. The molecule has 0 radical (unpaired) electrons. The van der Waals surface area contributed by atoms with Crippen LogP contribution in [0, 0.1) is 0 Å². The van der Waals surface area contributed by atoms with E-state index < -0.39 is 0 Å². The average Bonchev–Trinajstić information content (AvgIpc) is 2.40. The zero-order valence-electron chi connectivity index (χ0n) is 11.3. The predicted molar refractivity (Wildman–Crippen MR) is 73.5 cm³/mol. The molecule has 0 aliphatic rings. The van der Waals surface area contributed by atoms with Gasteiger partial charge in [0.15, 0.2) is 0 Å². The molecule has 0 bridgehead atoms. The summed E-state index contributed by atoms with van der Waals surface area (Å²) < 4.78 is 5.09. The minimum absolute atomic E-state index is 0.137. The van der Waals surface area contributed by atoms with Crippen LogP contribution >= 0.6 is 0 Å². The monoisotopic (exact) mass is 249 g/mol. The molecule has 0 heterocycles. The Morgan fingerprint density at radius 1 is 1.28 bits per heavy atom. The normalized spacial score (nSPS) is 12.1. The van der Waals surface area contributed by atoms with Crippen molar-refractivity contribution in [2.45, 2.75) is 39.2 Å². The topological polar surface area (TPSA) is 38.3 Å². The molecule has 1 aromatic carbocycles. The van der Waals surface area contributed by atoms with Gasteiger partial charge in [-0.1, -0.05) is 37.3 Å². The highest BCUT2D eigenvalue weighted by atomic mass is 16.5. The van der Waals surface area contributed by atoms with E-state index in [1.807, 2.05) is 25.1 Å². The third-order valence-electron chi connectivity index (χ3n) is 2.78. The van der Waals surface area contributed by atoms with E-state index in [0.717, 1.165) is 25.8 Å². The number of carbonyl (C=O) groups excluding carboxylic acids is 1. The number of rotatable bonds is 8. The predicted octanol–water partition coefficient (Wildman–Crippen LogP) is 2.55. The van der Waals surface area contributed by atoms with E-state index in [2.05, 4.69) is 24.4 Å². The van der Waals surface area contributed by atoms with Crippen LogP contribution in [-0.4, -0.2) is 25.2 Å².